The van der Waals surface area contributed by atoms with Gasteiger partial charge in [0.05, 0.1) is 18.5 Å². The van der Waals surface area contributed by atoms with Gasteiger partial charge < -0.3 is 4.74 Å². The normalized spacial score (nSPS) is 10.4. The number of hydrogen-bond donors (Lipinski definition) is 0. The maximum atomic E-state index is 11.4. The molecule has 1 aromatic heterocycles. The Morgan fingerprint density at radius 3 is 2.85 bits per heavy atom. The Balaban J connectivity index is 2.50. The third kappa shape index (κ3) is 3.29. The molecule has 0 N–H and O–H groups in total. The molecule has 0 bridgehead atoms. The smallest absolute Gasteiger partial charge is 0.190 e. The van der Waals surface area contributed by atoms with E-state index < -0.39 is 0 Å². The zero-order valence-corrected chi connectivity index (χ0v) is 7.73. The summed E-state index contributed by atoms with van der Waals surface area (Å²) in [6.07, 6.45) is 2.99. The van der Waals surface area contributed by atoms with E-state index in [2.05, 4.69) is 10.2 Å². The van der Waals surface area contributed by atoms with E-state index in [1.54, 1.807) is 6.07 Å². The number of ketones is 1. The molecule has 0 amide bonds. The van der Waals surface area contributed by atoms with Crippen molar-refractivity contribution in [3.05, 3.63) is 24.0 Å². The standard InChI is InChI=1S/C9H12N2O2/c1-7(2)13-6-9(12)8-3-4-10-11-5-8/h3-5,7H,6H2,1-2H3. The molecule has 0 saturated carbocycles. The van der Waals surface area contributed by atoms with Crippen LogP contribution in [0.4, 0.5) is 0 Å². The van der Waals surface area contributed by atoms with Gasteiger partial charge in [-0.15, -0.1) is 0 Å². The number of carbonyl (C=O) groups is 1. The summed E-state index contributed by atoms with van der Waals surface area (Å²) >= 11 is 0. The fraction of sp³-hybridized carbons (Fsp3) is 0.444. The Bertz CT molecular complexity index is 272. The van der Waals surface area contributed by atoms with Gasteiger partial charge >= 0.3 is 0 Å². The zero-order valence-electron chi connectivity index (χ0n) is 7.73. The molecule has 0 aliphatic rings. The van der Waals surface area contributed by atoms with Crippen molar-refractivity contribution in [1.29, 1.82) is 0 Å². The highest BCUT2D eigenvalue weighted by atomic mass is 16.5. The highest BCUT2D eigenvalue weighted by Crippen LogP contribution is 1.98. The lowest BCUT2D eigenvalue weighted by molar-refractivity contribution is 0.0584. The van der Waals surface area contributed by atoms with Crippen LogP contribution in [0, 0.1) is 0 Å². The van der Waals surface area contributed by atoms with E-state index in [4.69, 9.17) is 4.74 Å². The van der Waals surface area contributed by atoms with Crippen molar-refractivity contribution in [3.63, 3.8) is 0 Å². The molecule has 1 aromatic rings. The van der Waals surface area contributed by atoms with Crippen LogP contribution in [0.1, 0.15) is 24.2 Å². The molecule has 0 aliphatic heterocycles. The van der Waals surface area contributed by atoms with E-state index in [1.807, 2.05) is 13.8 Å². The molecule has 4 nitrogen and oxygen atoms in total. The molecular formula is C9H12N2O2. The molecule has 13 heavy (non-hydrogen) atoms. The van der Waals surface area contributed by atoms with Crippen molar-refractivity contribution in [3.8, 4) is 0 Å². The largest absolute Gasteiger partial charge is 0.371 e. The fourth-order valence-electron chi connectivity index (χ4n) is 0.781. The topological polar surface area (TPSA) is 52.1 Å². The van der Waals surface area contributed by atoms with E-state index in [0.717, 1.165) is 0 Å². The Hall–Kier alpha value is -1.29. The molecule has 4 heteroatoms. The molecule has 0 radical (unpaired) electrons. The predicted molar refractivity (Wildman–Crippen MR) is 47.5 cm³/mol. The van der Waals surface area contributed by atoms with E-state index in [9.17, 15) is 4.79 Å². The van der Waals surface area contributed by atoms with Gasteiger partial charge in [0.2, 0.25) is 0 Å². The van der Waals surface area contributed by atoms with E-state index in [1.165, 1.54) is 12.4 Å². The zero-order chi connectivity index (χ0) is 9.68. The molecule has 0 saturated heterocycles. The Morgan fingerprint density at radius 2 is 2.31 bits per heavy atom. The summed E-state index contributed by atoms with van der Waals surface area (Å²) in [5.41, 5.74) is 0.538. The van der Waals surface area contributed by atoms with Crippen molar-refractivity contribution >= 4 is 5.78 Å². The van der Waals surface area contributed by atoms with Gasteiger partial charge in [0.15, 0.2) is 5.78 Å². The summed E-state index contributed by atoms with van der Waals surface area (Å²) in [6, 6.07) is 1.62. The van der Waals surface area contributed by atoms with Gasteiger partial charge in [-0.2, -0.15) is 10.2 Å². The lowest BCUT2D eigenvalue weighted by Gasteiger charge is -2.05. The summed E-state index contributed by atoms with van der Waals surface area (Å²) in [6.45, 7) is 3.87. The molecule has 0 aliphatic carbocycles. The average Bonchev–Trinajstić information content (AvgIpc) is 2.15. The molecule has 1 heterocycles. The van der Waals surface area contributed by atoms with Gasteiger partial charge in [-0.3, -0.25) is 4.79 Å². The molecule has 0 fully saturated rings. The van der Waals surface area contributed by atoms with Gasteiger partial charge in [-0.1, -0.05) is 0 Å². The minimum absolute atomic E-state index is 0.0661. The van der Waals surface area contributed by atoms with Crippen LogP contribution in [0.15, 0.2) is 18.5 Å². The number of nitrogens with zero attached hydrogens (tertiary/aromatic N) is 2. The fourth-order valence-corrected chi connectivity index (χ4v) is 0.781. The summed E-state index contributed by atoms with van der Waals surface area (Å²) in [7, 11) is 0. The summed E-state index contributed by atoms with van der Waals surface area (Å²) in [4.78, 5) is 11.4. The Labute approximate surface area is 76.9 Å². The second-order valence-corrected chi connectivity index (χ2v) is 2.91. The maximum Gasteiger partial charge on any atom is 0.190 e. The minimum Gasteiger partial charge on any atom is -0.371 e. The van der Waals surface area contributed by atoms with Crippen LogP contribution in [0.3, 0.4) is 0 Å². The molecule has 0 aromatic carbocycles. The monoisotopic (exact) mass is 180 g/mol. The van der Waals surface area contributed by atoms with Crippen molar-refractivity contribution < 1.29 is 9.53 Å². The Morgan fingerprint density at radius 1 is 1.54 bits per heavy atom. The van der Waals surface area contributed by atoms with Crippen LogP contribution in [-0.4, -0.2) is 28.7 Å². The first-order valence-electron chi connectivity index (χ1n) is 4.11. The summed E-state index contributed by atoms with van der Waals surface area (Å²) in [5, 5.41) is 7.19. The number of hydrogen-bond acceptors (Lipinski definition) is 4. The van der Waals surface area contributed by atoms with Gasteiger partial charge in [0.25, 0.3) is 0 Å². The van der Waals surface area contributed by atoms with E-state index >= 15 is 0 Å². The third-order valence-corrected chi connectivity index (χ3v) is 1.45. The number of aromatic nitrogens is 2. The minimum atomic E-state index is -0.0661. The molecule has 0 spiro atoms. The SMILES string of the molecule is CC(C)OCC(=O)c1ccnnc1. The molecule has 70 valence electrons. The van der Waals surface area contributed by atoms with Gasteiger partial charge in [-0.05, 0) is 19.9 Å². The number of ether oxygens (including phenoxy) is 1. The van der Waals surface area contributed by atoms with E-state index in [-0.39, 0.29) is 18.5 Å². The van der Waals surface area contributed by atoms with Crippen molar-refractivity contribution in [1.82, 2.24) is 10.2 Å². The molecule has 0 atom stereocenters. The quantitative estimate of drug-likeness (QED) is 0.651. The van der Waals surface area contributed by atoms with E-state index in [0.29, 0.717) is 5.56 Å². The summed E-state index contributed by atoms with van der Waals surface area (Å²) in [5.74, 6) is -0.0661. The van der Waals surface area contributed by atoms with Gasteiger partial charge in [0.1, 0.15) is 6.61 Å². The van der Waals surface area contributed by atoms with Crippen molar-refractivity contribution in [2.45, 2.75) is 20.0 Å². The second kappa shape index (κ2) is 4.67. The van der Waals surface area contributed by atoms with Crippen LogP contribution < -0.4 is 0 Å². The predicted octanol–water partition coefficient (Wildman–Crippen LogP) is 1.08. The first-order chi connectivity index (χ1) is 6.20. The van der Waals surface area contributed by atoms with Gasteiger partial charge in [-0.25, -0.2) is 0 Å². The average molecular weight is 180 g/mol. The number of Topliss-reactive ketones (excluding diaryl/α,β-unsaturated/α-hetero) is 1. The second-order valence-electron chi connectivity index (χ2n) is 2.91. The third-order valence-electron chi connectivity index (χ3n) is 1.45. The van der Waals surface area contributed by atoms with Crippen LogP contribution >= 0.6 is 0 Å². The van der Waals surface area contributed by atoms with Crippen LogP contribution in [-0.2, 0) is 4.74 Å². The van der Waals surface area contributed by atoms with Crippen molar-refractivity contribution in [2.75, 3.05) is 6.61 Å². The summed E-state index contributed by atoms with van der Waals surface area (Å²) < 4.78 is 5.16. The first kappa shape index (κ1) is 9.80. The Kier molecular flexibility index (Phi) is 3.52. The van der Waals surface area contributed by atoms with Crippen LogP contribution in [0.5, 0.6) is 0 Å². The van der Waals surface area contributed by atoms with Gasteiger partial charge in [0, 0.05) is 5.56 Å². The highest BCUT2D eigenvalue weighted by molar-refractivity contribution is 5.96. The molecular weight excluding hydrogens is 168 g/mol. The van der Waals surface area contributed by atoms with Crippen molar-refractivity contribution in [2.24, 2.45) is 0 Å². The lowest BCUT2D eigenvalue weighted by Crippen LogP contribution is -2.13. The molecule has 1 rings (SSSR count). The van der Waals surface area contributed by atoms with Crippen LogP contribution in [0.25, 0.3) is 0 Å². The number of carbonyl (C=O) groups excluding carboxylic acids is 1. The number of rotatable bonds is 4. The molecule has 0 unspecified atom stereocenters. The maximum absolute atomic E-state index is 11.4. The lowest BCUT2D eigenvalue weighted by atomic mass is 10.2. The highest BCUT2D eigenvalue weighted by Gasteiger charge is 2.06. The van der Waals surface area contributed by atoms with Crippen LogP contribution in [0.2, 0.25) is 0 Å². The first-order valence-corrected chi connectivity index (χ1v) is 4.11.